The molecule has 2 aliphatic rings. The van der Waals surface area contributed by atoms with Crippen LogP contribution < -0.4 is 10.6 Å². The van der Waals surface area contributed by atoms with Gasteiger partial charge >= 0.3 is 0 Å². The van der Waals surface area contributed by atoms with E-state index in [1.165, 1.54) is 18.4 Å². The first kappa shape index (κ1) is 13.5. The first-order valence-electron chi connectivity index (χ1n) is 7.85. The molecule has 0 unspecified atom stereocenters. The maximum Gasteiger partial charge on any atom is 0.230 e. The van der Waals surface area contributed by atoms with Gasteiger partial charge in [0.2, 0.25) is 5.91 Å². The molecule has 3 heteroatoms. The van der Waals surface area contributed by atoms with Crippen LogP contribution in [0.1, 0.15) is 44.6 Å². The largest absolute Gasteiger partial charge is 0.399 e. The van der Waals surface area contributed by atoms with Crippen molar-refractivity contribution in [1.82, 2.24) is 0 Å². The molecule has 20 heavy (non-hydrogen) atoms. The summed E-state index contributed by atoms with van der Waals surface area (Å²) in [4.78, 5) is 14.8. The van der Waals surface area contributed by atoms with Gasteiger partial charge in [-0.15, -0.1) is 0 Å². The number of hydrogen-bond donors (Lipinski definition) is 1. The van der Waals surface area contributed by atoms with E-state index in [2.05, 4.69) is 6.92 Å². The van der Waals surface area contributed by atoms with Crippen LogP contribution in [0.25, 0.3) is 0 Å². The highest BCUT2D eigenvalue weighted by Crippen LogP contribution is 2.34. The first-order chi connectivity index (χ1) is 9.65. The van der Waals surface area contributed by atoms with Crippen molar-refractivity contribution < 1.29 is 4.79 Å². The maximum absolute atomic E-state index is 12.8. The molecule has 1 amide bonds. The molecule has 1 aliphatic carbocycles. The minimum Gasteiger partial charge on any atom is -0.399 e. The molecule has 0 saturated heterocycles. The number of aryl methyl sites for hydroxylation is 1. The van der Waals surface area contributed by atoms with Crippen molar-refractivity contribution >= 4 is 17.3 Å². The van der Waals surface area contributed by atoms with Crippen molar-refractivity contribution in [2.24, 2.45) is 11.8 Å². The lowest BCUT2D eigenvalue weighted by Crippen LogP contribution is -2.40. The molecular formula is C17H24N2O. The summed E-state index contributed by atoms with van der Waals surface area (Å²) in [6.45, 7) is 3.15. The molecule has 0 bridgehead atoms. The van der Waals surface area contributed by atoms with Crippen LogP contribution in [0.4, 0.5) is 11.4 Å². The second kappa shape index (κ2) is 5.47. The van der Waals surface area contributed by atoms with E-state index < -0.39 is 0 Å². The van der Waals surface area contributed by atoms with Crippen molar-refractivity contribution in [3.63, 3.8) is 0 Å². The molecule has 1 aliphatic heterocycles. The number of hydrogen-bond acceptors (Lipinski definition) is 2. The predicted octanol–water partition coefficient (Wildman–Crippen LogP) is 3.37. The molecule has 1 fully saturated rings. The monoisotopic (exact) mass is 272 g/mol. The second-order valence-corrected chi connectivity index (χ2v) is 6.44. The van der Waals surface area contributed by atoms with E-state index in [-0.39, 0.29) is 5.92 Å². The average Bonchev–Trinajstić information content (AvgIpc) is 2.46. The number of carbonyl (C=O) groups excluding carboxylic acids is 1. The molecule has 0 spiro atoms. The zero-order valence-corrected chi connectivity index (χ0v) is 12.3. The van der Waals surface area contributed by atoms with Gasteiger partial charge in [-0.25, -0.2) is 0 Å². The Kier molecular flexibility index (Phi) is 3.68. The number of anilines is 2. The molecule has 0 radical (unpaired) electrons. The molecule has 1 aromatic carbocycles. The third kappa shape index (κ3) is 2.54. The summed E-state index contributed by atoms with van der Waals surface area (Å²) in [7, 11) is 0. The van der Waals surface area contributed by atoms with Crippen LogP contribution in [-0.4, -0.2) is 12.5 Å². The zero-order valence-electron chi connectivity index (χ0n) is 12.3. The van der Waals surface area contributed by atoms with E-state index in [4.69, 9.17) is 5.73 Å². The summed E-state index contributed by atoms with van der Waals surface area (Å²) in [5.41, 5.74) is 8.98. The van der Waals surface area contributed by atoms with Gasteiger partial charge in [0.15, 0.2) is 0 Å². The maximum atomic E-state index is 12.8. The van der Waals surface area contributed by atoms with Gasteiger partial charge in [0, 0.05) is 23.8 Å². The summed E-state index contributed by atoms with van der Waals surface area (Å²) in [6.07, 6.45) is 6.58. The van der Waals surface area contributed by atoms with E-state index in [1.54, 1.807) is 0 Å². The Morgan fingerprint density at radius 2 is 2.00 bits per heavy atom. The zero-order chi connectivity index (χ0) is 14.1. The van der Waals surface area contributed by atoms with Crippen LogP contribution in [-0.2, 0) is 11.2 Å². The lowest BCUT2D eigenvalue weighted by atomic mass is 9.82. The lowest BCUT2D eigenvalue weighted by Gasteiger charge is -2.34. The van der Waals surface area contributed by atoms with Crippen LogP contribution in [0.3, 0.4) is 0 Å². The number of fused-ring (bicyclic) bond motifs is 1. The third-order valence-electron chi connectivity index (χ3n) is 4.85. The van der Waals surface area contributed by atoms with E-state index in [9.17, 15) is 4.79 Å². The lowest BCUT2D eigenvalue weighted by molar-refractivity contribution is -0.123. The number of carbonyl (C=O) groups is 1. The molecule has 2 N–H and O–H groups in total. The Hall–Kier alpha value is -1.51. The van der Waals surface area contributed by atoms with Crippen molar-refractivity contribution in [2.45, 2.75) is 45.4 Å². The molecule has 3 rings (SSSR count). The minimum atomic E-state index is 0.231. The highest BCUT2D eigenvalue weighted by Gasteiger charge is 2.30. The summed E-state index contributed by atoms with van der Waals surface area (Å²) < 4.78 is 0. The summed E-state index contributed by atoms with van der Waals surface area (Å²) >= 11 is 0. The quantitative estimate of drug-likeness (QED) is 0.797. The molecule has 3 nitrogen and oxygen atoms in total. The second-order valence-electron chi connectivity index (χ2n) is 6.44. The molecule has 108 valence electrons. The van der Waals surface area contributed by atoms with Gasteiger partial charge in [0.25, 0.3) is 0 Å². The third-order valence-corrected chi connectivity index (χ3v) is 4.85. The van der Waals surface area contributed by atoms with Gasteiger partial charge in [-0.1, -0.05) is 6.92 Å². The topological polar surface area (TPSA) is 46.3 Å². The van der Waals surface area contributed by atoms with E-state index in [0.717, 1.165) is 49.5 Å². The molecule has 1 saturated carbocycles. The van der Waals surface area contributed by atoms with Gasteiger partial charge in [0.05, 0.1) is 0 Å². The SMILES string of the molecule is CC1CCC(C(=O)N2CCCc3cc(N)ccc32)CC1. The highest BCUT2D eigenvalue weighted by atomic mass is 16.2. The molecular weight excluding hydrogens is 248 g/mol. The summed E-state index contributed by atoms with van der Waals surface area (Å²) in [5, 5.41) is 0. The van der Waals surface area contributed by atoms with Gasteiger partial charge in [-0.3, -0.25) is 4.79 Å². The van der Waals surface area contributed by atoms with Crippen LogP contribution in [0.2, 0.25) is 0 Å². The number of benzene rings is 1. The van der Waals surface area contributed by atoms with Crippen molar-refractivity contribution in [2.75, 3.05) is 17.2 Å². The highest BCUT2D eigenvalue weighted by molar-refractivity contribution is 5.96. The number of nitrogens with zero attached hydrogens (tertiary/aromatic N) is 1. The Balaban J connectivity index is 1.80. The standard InChI is InChI=1S/C17H24N2O/c1-12-4-6-13(7-5-12)17(20)19-10-2-3-14-11-15(18)8-9-16(14)19/h8-9,11-13H,2-7,10,18H2,1H3. The fraction of sp³-hybridized carbons (Fsp3) is 0.588. The Labute approximate surface area is 121 Å². The smallest absolute Gasteiger partial charge is 0.230 e. The van der Waals surface area contributed by atoms with Gasteiger partial charge < -0.3 is 10.6 Å². The molecule has 1 aromatic rings. The fourth-order valence-corrected chi connectivity index (χ4v) is 3.57. The number of rotatable bonds is 1. The van der Waals surface area contributed by atoms with Gasteiger partial charge in [0.1, 0.15) is 0 Å². The first-order valence-corrected chi connectivity index (χ1v) is 7.85. The van der Waals surface area contributed by atoms with Crippen molar-refractivity contribution in [3.05, 3.63) is 23.8 Å². The molecule has 0 aromatic heterocycles. The Bertz CT molecular complexity index is 504. The summed E-state index contributed by atoms with van der Waals surface area (Å²) in [6, 6.07) is 5.96. The van der Waals surface area contributed by atoms with Crippen LogP contribution in [0, 0.1) is 11.8 Å². The normalized spacial score (nSPS) is 26.1. The number of amides is 1. The number of nitrogens with two attached hydrogens (primary N) is 1. The van der Waals surface area contributed by atoms with E-state index >= 15 is 0 Å². The van der Waals surface area contributed by atoms with E-state index in [1.807, 2.05) is 23.1 Å². The van der Waals surface area contributed by atoms with Gasteiger partial charge in [-0.05, 0) is 68.2 Å². The Morgan fingerprint density at radius 1 is 1.25 bits per heavy atom. The van der Waals surface area contributed by atoms with Crippen LogP contribution >= 0.6 is 0 Å². The van der Waals surface area contributed by atoms with Gasteiger partial charge in [-0.2, -0.15) is 0 Å². The van der Waals surface area contributed by atoms with Crippen LogP contribution in [0.5, 0.6) is 0 Å². The van der Waals surface area contributed by atoms with Crippen LogP contribution in [0.15, 0.2) is 18.2 Å². The minimum absolute atomic E-state index is 0.231. The Morgan fingerprint density at radius 3 is 2.75 bits per heavy atom. The average molecular weight is 272 g/mol. The fourth-order valence-electron chi connectivity index (χ4n) is 3.57. The summed E-state index contributed by atoms with van der Waals surface area (Å²) in [5.74, 6) is 1.35. The van der Waals surface area contributed by atoms with E-state index in [0.29, 0.717) is 5.91 Å². The number of nitrogen functional groups attached to an aromatic ring is 1. The molecule has 1 heterocycles. The van der Waals surface area contributed by atoms with Crippen molar-refractivity contribution in [3.8, 4) is 0 Å². The van der Waals surface area contributed by atoms with Crippen molar-refractivity contribution in [1.29, 1.82) is 0 Å². The predicted molar refractivity (Wildman–Crippen MR) is 82.7 cm³/mol. The molecule has 0 atom stereocenters.